The van der Waals surface area contributed by atoms with Crippen molar-refractivity contribution in [2.24, 2.45) is 0 Å². The van der Waals surface area contributed by atoms with Crippen LogP contribution in [-0.4, -0.2) is 7.11 Å². The summed E-state index contributed by atoms with van der Waals surface area (Å²) in [5.74, 6) is 0.705. The van der Waals surface area contributed by atoms with E-state index in [1.54, 1.807) is 31.4 Å². The lowest BCUT2D eigenvalue weighted by molar-refractivity contribution is 0.415. The van der Waals surface area contributed by atoms with Crippen LogP contribution in [0.4, 0.5) is 11.4 Å². The van der Waals surface area contributed by atoms with Crippen molar-refractivity contribution in [2.75, 3.05) is 12.4 Å². The highest BCUT2D eigenvalue weighted by molar-refractivity contribution is 5.85. The number of hydrogen-bond acceptors (Lipinski definition) is 4. The van der Waals surface area contributed by atoms with Gasteiger partial charge < -0.3 is 10.1 Å². The topological polar surface area (TPSA) is 55.4 Å². The number of anilines is 2. The second-order valence-electron chi connectivity index (χ2n) is 5.56. The molecule has 23 heavy (non-hydrogen) atoms. The largest absolute Gasteiger partial charge is 0.497 e. The Kier molecular flexibility index (Phi) is 3.74. The van der Waals surface area contributed by atoms with E-state index in [1.807, 2.05) is 32.0 Å². The average Bonchev–Trinajstić information content (AvgIpc) is 2.57. The van der Waals surface area contributed by atoms with Crippen molar-refractivity contribution in [3.63, 3.8) is 0 Å². The normalized spacial score (nSPS) is 10.7. The van der Waals surface area contributed by atoms with Crippen LogP contribution in [0.5, 0.6) is 5.75 Å². The van der Waals surface area contributed by atoms with Crippen molar-refractivity contribution in [2.45, 2.75) is 13.8 Å². The van der Waals surface area contributed by atoms with Gasteiger partial charge in [0.05, 0.1) is 12.7 Å². The van der Waals surface area contributed by atoms with Gasteiger partial charge >= 0.3 is 0 Å². The predicted molar refractivity (Wildman–Crippen MR) is 92.5 cm³/mol. The van der Waals surface area contributed by atoms with Gasteiger partial charge in [-0.15, -0.1) is 0 Å². The van der Waals surface area contributed by atoms with Gasteiger partial charge in [-0.25, -0.2) is 0 Å². The summed E-state index contributed by atoms with van der Waals surface area (Å²) in [6.07, 6.45) is 0. The van der Waals surface area contributed by atoms with Crippen molar-refractivity contribution in [1.82, 2.24) is 0 Å². The molecule has 1 N–H and O–H groups in total. The fraction of sp³-hybridized carbons (Fsp3) is 0.158. The summed E-state index contributed by atoms with van der Waals surface area (Å²) in [5, 5.41) is 3.08. The smallest absolute Gasteiger partial charge is 0.250 e. The number of benzene rings is 2. The van der Waals surface area contributed by atoms with Crippen molar-refractivity contribution in [3.8, 4) is 16.9 Å². The van der Waals surface area contributed by atoms with Crippen LogP contribution >= 0.6 is 0 Å². The SMILES string of the molecule is COc1ccc(-c2c(Nc3ccc(C)c(C)c3)c(=O)c2=O)cc1. The van der Waals surface area contributed by atoms with Crippen molar-refractivity contribution < 1.29 is 4.74 Å². The first kappa shape index (κ1) is 15.0. The second kappa shape index (κ2) is 5.72. The summed E-state index contributed by atoms with van der Waals surface area (Å²) in [6, 6.07) is 12.9. The predicted octanol–water partition coefficient (Wildman–Crippen LogP) is 3.32. The Morgan fingerprint density at radius 1 is 0.870 bits per heavy atom. The first-order valence-electron chi connectivity index (χ1n) is 7.33. The molecule has 4 nitrogen and oxygen atoms in total. The van der Waals surface area contributed by atoms with Crippen LogP contribution in [0.1, 0.15) is 11.1 Å². The van der Waals surface area contributed by atoms with Crippen molar-refractivity contribution >= 4 is 11.4 Å². The Hall–Kier alpha value is -2.88. The summed E-state index contributed by atoms with van der Waals surface area (Å²) in [7, 11) is 1.58. The van der Waals surface area contributed by atoms with Gasteiger partial charge in [-0.2, -0.15) is 0 Å². The number of ether oxygens (including phenoxy) is 1. The maximum Gasteiger partial charge on any atom is 0.250 e. The zero-order valence-electron chi connectivity index (χ0n) is 13.3. The van der Waals surface area contributed by atoms with Gasteiger partial charge in [-0.1, -0.05) is 18.2 Å². The molecule has 0 unspecified atom stereocenters. The molecule has 4 heteroatoms. The second-order valence-corrected chi connectivity index (χ2v) is 5.56. The lowest BCUT2D eigenvalue weighted by Gasteiger charge is -2.14. The van der Waals surface area contributed by atoms with Crippen molar-refractivity contribution in [3.05, 3.63) is 74.0 Å². The Labute approximate surface area is 134 Å². The molecule has 0 radical (unpaired) electrons. The Morgan fingerprint density at radius 3 is 2.17 bits per heavy atom. The Balaban J connectivity index is 1.97. The highest BCUT2D eigenvalue weighted by atomic mass is 16.5. The van der Waals surface area contributed by atoms with Gasteiger partial charge in [0.1, 0.15) is 11.4 Å². The molecule has 0 aliphatic carbocycles. The number of rotatable bonds is 4. The van der Waals surface area contributed by atoms with Crippen LogP contribution in [0.25, 0.3) is 11.1 Å². The van der Waals surface area contributed by atoms with Crippen LogP contribution in [-0.2, 0) is 0 Å². The minimum Gasteiger partial charge on any atom is -0.497 e. The highest BCUT2D eigenvalue weighted by Gasteiger charge is 2.22. The first-order chi connectivity index (χ1) is 11.0. The zero-order valence-corrected chi connectivity index (χ0v) is 13.3. The van der Waals surface area contributed by atoms with Gasteiger partial charge in [0.2, 0.25) is 5.43 Å². The fourth-order valence-electron chi connectivity index (χ4n) is 2.51. The monoisotopic (exact) mass is 307 g/mol. The third kappa shape index (κ3) is 2.63. The van der Waals surface area contributed by atoms with E-state index in [0.29, 0.717) is 22.6 Å². The maximum absolute atomic E-state index is 12.0. The quantitative estimate of drug-likeness (QED) is 0.751. The van der Waals surface area contributed by atoms with Gasteiger partial charge in [0, 0.05) is 5.69 Å². The summed E-state index contributed by atoms with van der Waals surface area (Å²) in [6.45, 7) is 4.03. The van der Waals surface area contributed by atoms with Crippen LogP contribution in [0.3, 0.4) is 0 Å². The lowest BCUT2D eigenvalue weighted by Crippen LogP contribution is -2.35. The molecular formula is C19H17NO3. The van der Waals surface area contributed by atoms with Crippen LogP contribution in [0.15, 0.2) is 52.1 Å². The zero-order chi connectivity index (χ0) is 16.6. The van der Waals surface area contributed by atoms with Gasteiger partial charge in [0.25, 0.3) is 5.43 Å². The Bertz CT molecular complexity index is 932. The van der Waals surface area contributed by atoms with E-state index >= 15 is 0 Å². The summed E-state index contributed by atoms with van der Waals surface area (Å²) in [5.41, 5.74) is 3.65. The molecule has 0 aliphatic rings. The number of nitrogens with one attached hydrogen (secondary N) is 1. The molecule has 3 aromatic rings. The van der Waals surface area contributed by atoms with Crippen LogP contribution in [0, 0.1) is 13.8 Å². The third-order valence-electron chi connectivity index (χ3n) is 4.07. The Morgan fingerprint density at radius 2 is 1.57 bits per heavy atom. The molecule has 3 aromatic carbocycles. The molecule has 0 aromatic heterocycles. The molecule has 3 rings (SSSR count). The minimum absolute atomic E-state index is 0.350. The van der Waals surface area contributed by atoms with E-state index in [1.165, 1.54) is 5.56 Å². The molecule has 0 aliphatic heterocycles. The molecular weight excluding hydrogens is 290 g/mol. The van der Waals surface area contributed by atoms with Crippen LogP contribution < -0.4 is 20.9 Å². The van der Waals surface area contributed by atoms with Gasteiger partial charge in [0.15, 0.2) is 0 Å². The molecule has 0 saturated carbocycles. The van der Waals surface area contributed by atoms with E-state index in [9.17, 15) is 9.59 Å². The van der Waals surface area contributed by atoms with E-state index < -0.39 is 10.9 Å². The standard InChI is InChI=1S/C19H17NO3/c1-11-4-7-14(10-12(11)2)20-17-16(18(21)19(17)22)13-5-8-15(23-3)9-6-13/h4-10,20H,1-3H3. The van der Waals surface area contributed by atoms with Gasteiger partial charge in [-0.3, -0.25) is 9.59 Å². The van der Waals surface area contributed by atoms with Gasteiger partial charge in [-0.05, 0) is 54.8 Å². The molecule has 0 bridgehead atoms. The highest BCUT2D eigenvalue weighted by Crippen LogP contribution is 2.28. The summed E-state index contributed by atoms with van der Waals surface area (Å²) in [4.78, 5) is 23.9. The molecule has 0 saturated heterocycles. The minimum atomic E-state index is -0.478. The first-order valence-corrected chi connectivity index (χ1v) is 7.33. The fourth-order valence-corrected chi connectivity index (χ4v) is 2.51. The molecule has 0 heterocycles. The van der Waals surface area contributed by atoms with E-state index in [-0.39, 0.29) is 0 Å². The molecule has 0 amide bonds. The average molecular weight is 307 g/mol. The summed E-state index contributed by atoms with van der Waals surface area (Å²) < 4.78 is 5.11. The molecule has 116 valence electrons. The molecule has 0 spiro atoms. The number of hydrogen-bond donors (Lipinski definition) is 1. The molecule has 0 fully saturated rings. The maximum atomic E-state index is 12.0. The van der Waals surface area contributed by atoms with Crippen LogP contribution in [0.2, 0.25) is 0 Å². The third-order valence-corrected chi connectivity index (χ3v) is 4.07. The number of aryl methyl sites for hydroxylation is 2. The molecule has 0 atom stereocenters. The lowest BCUT2D eigenvalue weighted by atomic mass is 9.98. The van der Waals surface area contributed by atoms with E-state index in [2.05, 4.69) is 5.32 Å². The van der Waals surface area contributed by atoms with Crippen molar-refractivity contribution in [1.29, 1.82) is 0 Å². The number of methoxy groups -OCH3 is 1. The summed E-state index contributed by atoms with van der Waals surface area (Å²) >= 11 is 0. The van der Waals surface area contributed by atoms with E-state index in [4.69, 9.17) is 4.74 Å². The van der Waals surface area contributed by atoms with E-state index in [0.717, 1.165) is 11.3 Å².